The van der Waals surface area contributed by atoms with E-state index in [1.165, 1.54) is 17.5 Å². The van der Waals surface area contributed by atoms with Gasteiger partial charge >= 0.3 is 0 Å². The number of hydrogen-bond donors (Lipinski definition) is 1. The third-order valence-corrected chi connectivity index (χ3v) is 5.57. The maximum absolute atomic E-state index is 12.2. The fourth-order valence-corrected chi connectivity index (χ4v) is 4.12. The van der Waals surface area contributed by atoms with Gasteiger partial charge in [0.15, 0.2) is 9.84 Å². The van der Waals surface area contributed by atoms with Gasteiger partial charge in [0.25, 0.3) is 0 Å². The Kier molecular flexibility index (Phi) is 4.07. The zero-order valence-corrected chi connectivity index (χ0v) is 11.7. The van der Waals surface area contributed by atoms with Crippen LogP contribution in [0.5, 0.6) is 0 Å². The maximum Gasteiger partial charge on any atom is 0.178 e. The second-order valence-electron chi connectivity index (χ2n) is 5.26. The lowest BCUT2D eigenvalue weighted by Crippen LogP contribution is -2.21. The van der Waals surface area contributed by atoms with Crippen LogP contribution in [-0.4, -0.2) is 20.7 Å². The average molecular weight is 267 g/mol. The lowest BCUT2D eigenvalue weighted by molar-refractivity contribution is 0.573. The van der Waals surface area contributed by atoms with Crippen LogP contribution in [0, 0.1) is 5.92 Å². The smallest absolute Gasteiger partial charge is 0.178 e. The van der Waals surface area contributed by atoms with Crippen molar-refractivity contribution in [3.8, 4) is 0 Å². The van der Waals surface area contributed by atoms with Gasteiger partial charge in [-0.15, -0.1) is 0 Å². The Hall–Kier alpha value is -0.870. The van der Waals surface area contributed by atoms with Crippen LogP contribution in [0.3, 0.4) is 0 Å². The molecule has 1 aliphatic rings. The summed E-state index contributed by atoms with van der Waals surface area (Å²) >= 11 is 0. The molecule has 4 heteroatoms. The first-order chi connectivity index (χ1) is 8.53. The van der Waals surface area contributed by atoms with Gasteiger partial charge < -0.3 is 5.73 Å². The summed E-state index contributed by atoms with van der Waals surface area (Å²) in [6.07, 6.45) is 4.46. The summed E-state index contributed by atoms with van der Waals surface area (Å²) in [7, 11) is -3.19. The van der Waals surface area contributed by atoms with Crippen LogP contribution < -0.4 is 5.73 Å². The van der Waals surface area contributed by atoms with Gasteiger partial charge in [-0.3, -0.25) is 0 Å². The molecule has 0 spiro atoms. The van der Waals surface area contributed by atoms with Crippen LogP contribution in [-0.2, 0) is 22.7 Å². The van der Waals surface area contributed by atoms with E-state index in [0.29, 0.717) is 11.4 Å². The minimum Gasteiger partial charge on any atom is -0.330 e. The number of sulfone groups is 1. The Bertz CT molecular complexity index is 523. The number of nitrogens with two attached hydrogens (primary N) is 1. The van der Waals surface area contributed by atoms with Crippen molar-refractivity contribution in [2.75, 3.05) is 12.3 Å². The van der Waals surface area contributed by atoms with E-state index in [1.54, 1.807) is 6.07 Å². The van der Waals surface area contributed by atoms with Crippen molar-refractivity contribution in [3.05, 3.63) is 29.3 Å². The monoisotopic (exact) mass is 267 g/mol. The highest BCUT2D eigenvalue weighted by Crippen LogP contribution is 2.25. The highest BCUT2D eigenvalue weighted by Gasteiger charge is 2.20. The zero-order chi connectivity index (χ0) is 13.2. The second kappa shape index (κ2) is 5.41. The van der Waals surface area contributed by atoms with Gasteiger partial charge in [-0.1, -0.05) is 13.0 Å². The molecule has 3 nitrogen and oxygen atoms in total. The van der Waals surface area contributed by atoms with E-state index in [-0.39, 0.29) is 11.7 Å². The van der Waals surface area contributed by atoms with Crippen LogP contribution in [0.2, 0.25) is 0 Å². The number of fused-ring (bicyclic) bond motifs is 1. The Morgan fingerprint density at radius 3 is 2.56 bits per heavy atom. The summed E-state index contributed by atoms with van der Waals surface area (Å²) in [5.41, 5.74) is 8.03. The molecule has 1 aromatic rings. The molecule has 1 aromatic carbocycles. The van der Waals surface area contributed by atoms with Crippen LogP contribution in [0.25, 0.3) is 0 Å². The van der Waals surface area contributed by atoms with Crippen molar-refractivity contribution < 1.29 is 8.42 Å². The summed E-state index contributed by atoms with van der Waals surface area (Å²) in [6.45, 7) is 2.28. The van der Waals surface area contributed by atoms with E-state index in [2.05, 4.69) is 0 Å². The summed E-state index contributed by atoms with van der Waals surface area (Å²) in [5, 5.41) is 0. The van der Waals surface area contributed by atoms with Gasteiger partial charge in [-0.2, -0.15) is 0 Å². The third-order valence-electron chi connectivity index (χ3n) is 3.59. The van der Waals surface area contributed by atoms with E-state index in [4.69, 9.17) is 5.73 Å². The zero-order valence-electron chi connectivity index (χ0n) is 10.9. The molecule has 0 heterocycles. The normalized spacial score (nSPS) is 17.2. The predicted molar refractivity (Wildman–Crippen MR) is 73.4 cm³/mol. The molecule has 2 rings (SSSR count). The van der Waals surface area contributed by atoms with Crippen molar-refractivity contribution in [2.45, 2.75) is 37.5 Å². The molecule has 0 saturated carbocycles. The van der Waals surface area contributed by atoms with E-state index in [1.807, 2.05) is 19.1 Å². The summed E-state index contributed by atoms with van der Waals surface area (Å²) in [4.78, 5) is 0.462. The Labute approximate surface area is 109 Å². The molecule has 0 saturated heterocycles. The van der Waals surface area contributed by atoms with E-state index in [9.17, 15) is 8.42 Å². The summed E-state index contributed by atoms with van der Waals surface area (Å²) < 4.78 is 24.5. The van der Waals surface area contributed by atoms with Gasteiger partial charge in [0.05, 0.1) is 10.6 Å². The van der Waals surface area contributed by atoms with Crippen LogP contribution in [0.15, 0.2) is 23.1 Å². The Morgan fingerprint density at radius 2 is 1.89 bits per heavy atom. The molecular formula is C14H21NO2S. The highest BCUT2D eigenvalue weighted by molar-refractivity contribution is 7.91. The molecule has 0 fully saturated rings. The number of aryl methyl sites for hydroxylation is 2. The Balaban J connectivity index is 2.28. The molecule has 1 aliphatic carbocycles. The number of hydrogen-bond acceptors (Lipinski definition) is 3. The van der Waals surface area contributed by atoms with E-state index < -0.39 is 9.84 Å². The molecule has 0 bridgehead atoms. The largest absolute Gasteiger partial charge is 0.330 e. The van der Waals surface area contributed by atoms with Crippen LogP contribution in [0.4, 0.5) is 0 Å². The molecule has 0 amide bonds. The van der Waals surface area contributed by atoms with Crippen LogP contribution >= 0.6 is 0 Å². The lowest BCUT2D eigenvalue weighted by Gasteiger charge is -2.17. The van der Waals surface area contributed by atoms with Gasteiger partial charge in [0.1, 0.15) is 0 Å². The quantitative estimate of drug-likeness (QED) is 0.907. The molecule has 18 heavy (non-hydrogen) atoms. The van der Waals surface area contributed by atoms with Gasteiger partial charge in [0.2, 0.25) is 0 Å². The Morgan fingerprint density at radius 1 is 1.22 bits per heavy atom. The predicted octanol–water partition coefficient (Wildman–Crippen LogP) is 1.93. The van der Waals surface area contributed by atoms with Crippen molar-refractivity contribution in [1.82, 2.24) is 0 Å². The molecule has 0 radical (unpaired) electrons. The molecule has 0 aliphatic heterocycles. The maximum atomic E-state index is 12.2. The molecule has 100 valence electrons. The van der Waals surface area contributed by atoms with Gasteiger partial charge in [0, 0.05) is 0 Å². The molecule has 0 aromatic heterocycles. The van der Waals surface area contributed by atoms with E-state index in [0.717, 1.165) is 19.3 Å². The summed E-state index contributed by atoms with van der Waals surface area (Å²) in [5.74, 6) is 0.147. The fourth-order valence-electron chi connectivity index (χ4n) is 2.44. The van der Waals surface area contributed by atoms with Crippen molar-refractivity contribution >= 4 is 9.84 Å². The fraction of sp³-hybridized carbons (Fsp3) is 0.571. The van der Waals surface area contributed by atoms with Crippen LogP contribution in [0.1, 0.15) is 30.9 Å². The minimum absolute atomic E-state index is 0.00559. The topological polar surface area (TPSA) is 60.2 Å². The SMILES string of the molecule is CC(CN)CS(=O)(=O)c1ccc2c(c1)CCCC2. The number of rotatable bonds is 4. The second-order valence-corrected chi connectivity index (χ2v) is 7.29. The first kappa shape index (κ1) is 13.6. The standard InChI is InChI=1S/C14H21NO2S/c1-11(9-15)10-18(16,17)14-7-6-12-4-2-3-5-13(12)8-14/h6-8,11H,2-5,9-10,15H2,1H3. The minimum atomic E-state index is -3.19. The van der Waals surface area contributed by atoms with E-state index >= 15 is 0 Å². The van der Waals surface area contributed by atoms with Gasteiger partial charge in [-0.25, -0.2) is 8.42 Å². The molecule has 1 atom stereocenters. The van der Waals surface area contributed by atoms with Crippen molar-refractivity contribution in [3.63, 3.8) is 0 Å². The van der Waals surface area contributed by atoms with Gasteiger partial charge in [-0.05, 0) is 61.4 Å². The molecular weight excluding hydrogens is 246 g/mol. The first-order valence-electron chi connectivity index (χ1n) is 6.57. The molecule has 2 N–H and O–H groups in total. The number of benzene rings is 1. The lowest BCUT2D eigenvalue weighted by atomic mass is 9.92. The summed E-state index contributed by atoms with van der Waals surface area (Å²) in [6, 6.07) is 5.60. The van der Waals surface area contributed by atoms with Crippen molar-refractivity contribution in [2.24, 2.45) is 11.7 Å². The average Bonchev–Trinajstić information content (AvgIpc) is 2.37. The van der Waals surface area contributed by atoms with Crippen molar-refractivity contribution in [1.29, 1.82) is 0 Å². The molecule has 1 unspecified atom stereocenters. The first-order valence-corrected chi connectivity index (χ1v) is 8.23. The highest BCUT2D eigenvalue weighted by atomic mass is 32.2. The third kappa shape index (κ3) is 2.93.